The minimum Gasteiger partial charge on any atom is -0.355 e. The minimum absolute atomic E-state index is 0.217. The average Bonchev–Trinajstić information content (AvgIpc) is 2.86. The van der Waals surface area contributed by atoms with Gasteiger partial charge in [-0.05, 0) is 36.4 Å². The zero-order valence-corrected chi connectivity index (χ0v) is 10.8. The summed E-state index contributed by atoms with van der Waals surface area (Å²) in [6.07, 6.45) is 1.77. The van der Waals surface area contributed by atoms with E-state index in [4.69, 9.17) is 0 Å². The Labute approximate surface area is 114 Å². The van der Waals surface area contributed by atoms with Crippen molar-refractivity contribution in [1.82, 2.24) is 14.9 Å². The first-order valence-electron chi connectivity index (χ1n) is 6.16. The van der Waals surface area contributed by atoms with Gasteiger partial charge < -0.3 is 5.32 Å². The van der Waals surface area contributed by atoms with Gasteiger partial charge in [-0.25, -0.2) is 8.91 Å². The maximum absolute atomic E-state index is 13.0. The first-order chi connectivity index (χ1) is 9.70. The molecule has 0 aliphatic heterocycles. The third-order valence-electron chi connectivity index (χ3n) is 3.11. The predicted octanol–water partition coefficient (Wildman–Crippen LogP) is 2.50. The van der Waals surface area contributed by atoms with Crippen LogP contribution in [0, 0.1) is 5.82 Å². The Hall–Kier alpha value is -2.69. The molecular formula is C15H12FN3O. The number of nitrogens with zero attached hydrogens (tertiary/aromatic N) is 2. The maximum Gasteiger partial charge on any atom is 0.255 e. The Morgan fingerprint density at radius 3 is 2.65 bits per heavy atom. The van der Waals surface area contributed by atoms with Crippen LogP contribution in [0.5, 0.6) is 0 Å². The second kappa shape index (κ2) is 4.77. The maximum atomic E-state index is 13.0. The highest BCUT2D eigenvalue weighted by molar-refractivity contribution is 6.06. The molecule has 0 bridgehead atoms. The number of nitrogens with one attached hydrogen (secondary N) is 1. The van der Waals surface area contributed by atoms with Gasteiger partial charge in [-0.2, -0.15) is 5.10 Å². The van der Waals surface area contributed by atoms with Gasteiger partial charge >= 0.3 is 0 Å². The lowest BCUT2D eigenvalue weighted by Crippen LogP contribution is -2.18. The molecule has 0 fully saturated rings. The highest BCUT2D eigenvalue weighted by Crippen LogP contribution is 2.26. The van der Waals surface area contributed by atoms with Crippen LogP contribution in [0.2, 0.25) is 0 Å². The lowest BCUT2D eigenvalue weighted by atomic mass is 10.1. The Morgan fingerprint density at radius 1 is 1.20 bits per heavy atom. The fourth-order valence-electron chi connectivity index (χ4n) is 2.16. The summed E-state index contributed by atoms with van der Waals surface area (Å²) < 4.78 is 14.7. The number of benzene rings is 1. The smallest absolute Gasteiger partial charge is 0.255 e. The van der Waals surface area contributed by atoms with Gasteiger partial charge in [0.1, 0.15) is 11.5 Å². The number of rotatable bonds is 2. The van der Waals surface area contributed by atoms with Crippen LogP contribution in [0.25, 0.3) is 16.8 Å². The molecule has 3 aromatic rings. The first-order valence-corrected chi connectivity index (χ1v) is 6.16. The quantitative estimate of drug-likeness (QED) is 0.777. The van der Waals surface area contributed by atoms with E-state index in [0.29, 0.717) is 22.3 Å². The van der Waals surface area contributed by atoms with Crippen LogP contribution in [0.4, 0.5) is 4.39 Å². The molecule has 5 heteroatoms. The van der Waals surface area contributed by atoms with E-state index < -0.39 is 0 Å². The lowest BCUT2D eigenvalue weighted by molar-refractivity contribution is 0.0965. The van der Waals surface area contributed by atoms with Gasteiger partial charge in [0.15, 0.2) is 0 Å². The van der Waals surface area contributed by atoms with E-state index in [9.17, 15) is 9.18 Å². The molecule has 0 aliphatic carbocycles. The summed E-state index contributed by atoms with van der Waals surface area (Å²) in [5.41, 5.74) is 2.44. The molecule has 0 aliphatic rings. The molecule has 2 heterocycles. The van der Waals surface area contributed by atoms with E-state index >= 15 is 0 Å². The Balaban J connectivity index is 2.29. The standard InChI is InChI=1S/C15H12FN3O/c1-17-15(20)13-12-4-2-3-9-19(12)18-14(13)10-5-7-11(16)8-6-10/h2-9H,1H3,(H,17,20). The predicted molar refractivity (Wildman–Crippen MR) is 74.0 cm³/mol. The van der Waals surface area contributed by atoms with Crippen LogP contribution < -0.4 is 5.32 Å². The molecule has 0 unspecified atom stereocenters. The molecule has 1 aromatic carbocycles. The summed E-state index contributed by atoms with van der Waals surface area (Å²) >= 11 is 0. The minimum atomic E-state index is -0.320. The van der Waals surface area contributed by atoms with Gasteiger partial charge in [-0.3, -0.25) is 4.79 Å². The van der Waals surface area contributed by atoms with Crippen molar-refractivity contribution in [3.63, 3.8) is 0 Å². The number of pyridine rings is 1. The summed E-state index contributed by atoms with van der Waals surface area (Å²) in [4.78, 5) is 12.1. The van der Waals surface area contributed by atoms with E-state index in [1.807, 2.05) is 18.2 Å². The molecule has 100 valence electrons. The van der Waals surface area contributed by atoms with Crippen molar-refractivity contribution in [2.24, 2.45) is 0 Å². The monoisotopic (exact) mass is 269 g/mol. The summed E-state index contributed by atoms with van der Waals surface area (Å²) in [5.74, 6) is -0.537. The molecule has 1 N–H and O–H groups in total. The van der Waals surface area contributed by atoms with Crippen LogP contribution in [0.15, 0.2) is 48.7 Å². The van der Waals surface area contributed by atoms with Crippen molar-refractivity contribution in [3.8, 4) is 11.3 Å². The molecule has 0 spiro atoms. The van der Waals surface area contributed by atoms with Gasteiger partial charge in [-0.15, -0.1) is 0 Å². The zero-order valence-electron chi connectivity index (χ0n) is 10.8. The van der Waals surface area contributed by atoms with Crippen molar-refractivity contribution in [1.29, 1.82) is 0 Å². The first kappa shape index (κ1) is 12.3. The lowest BCUT2D eigenvalue weighted by Gasteiger charge is -2.02. The molecule has 20 heavy (non-hydrogen) atoms. The van der Waals surface area contributed by atoms with Crippen molar-refractivity contribution < 1.29 is 9.18 Å². The van der Waals surface area contributed by atoms with Crippen LogP contribution >= 0.6 is 0 Å². The van der Waals surface area contributed by atoms with E-state index in [0.717, 1.165) is 0 Å². The number of halogens is 1. The van der Waals surface area contributed by atoms with E-state index in [2.05, 4.69) is 10.4 Å². The normalized spacial score (nSPS) is 10.7. The van der Waals surface area contributed by atoms with E-state index in [1.165, 1.54) is 12.1 Å². The highest BCUT2D eigenvalue weighted by Gasteiger charge is 2.19. The van der Waals surface area contributed by atoms with Gasteiger partial charge in [0.05, 0.1) is 11.1 Å². The number of hydrogen-bond donors (Lipinski definition) is 1. The number of fused-ring (bicyclic) bond motifs is 1. The van der Waals surface area contributed by atoms with Crippen molar-refractivity contribution >= 4 is 11.4 Å². The van der Waals surface area contributed by atoms with E-state index in [1.54, 1.807) is 29.9 Å². The Morgan fingerprint density at radius 2 is 1.95 bits per heavy atom. The number of carbonyl (C=O) groups excluding carboxylic acids is 1. The fraction of sp³-hybridized carbons (Fsp3) is 0.0667. The molecule has 2 aromatic heterocycles. The molecule has 0 saturated heterocycles. The summed E-state index contributed by atoms with van der Waals surface area (Å²) in [7, 11) is 1.57. The second-order valence-electron chi connectivity index (χ2n) is 4.34. The molecular weight excluding hydrogens is 257 g/mol. The molecule has 4 nitrogen and oxygen atoms in total. The van der Waals surface area contributed by atoms with Gasteiger partial charge in [0.2, 0.25) is 0 Å². The van der Waals surface area contributed by atoms with Crippen molar-refractivity contribution in [2.75, 3.05) is 7.05 Å². The zero-order chi connectivity index (χ0) is 14.1. The molecule has 1 amide bonds. The van der Waals surface area contributed by atoms with Crippen LogP contribution in [0.1, 0.15) is 10.4 Å². The summed E-state index contributed by atoms with van der Waals surface area (Å²) in [6, 6.07) is 11.4. The molecule has 0 radical (unpaired) electrons. The van der Waals surface area contributed by atoms with Crippen LogP contribution in [-0.4, -0.2) is 22.6 Å². The largest absolute Gasteiger partial charge is 0.355 e. The van der Waals surface area contributed by atoms with Gasteiger partial charge in [0.25, 0.3) is 5.91 Å². The number of hydrogen-bond acceptors (Lipinski definition) is 2. The average molecular weight is 269 g/mol. The topological polar surface area (TPSA) is 46.4 Å². The van der Waals surface area contributed by atoms with Crippen molar-refractivity contribution in [3.05, 3.63) is 60.0 Å². The molecule has 0 saturated carbocycles. The second-order valence-corrected chi connectivity index (χ2v) is 4.34. The van der Waals surface area contributed by atoms with Gasteiger partial charge in [-0.1, -0.05) is 6.07 Å². The fourth-order valence-corrected chi connectivity index (χ4v) is 2.16. The Bertz CT molecular complexity index is 777. The summed E-state index contributed by atoms with van der Waals surface area (Å²) in [6.45, 7) is 0. The SMILES string of the molecule is CNC(=O)c1c(-c2ccc(F)cc2)nn2ccccc12. The van der Waals surface area contributed by atoms with E-state index in [-0.39, 0.29) is 11.7 Å². The molecule has 3 rings (SSSR count). The summed E-state index contributed by atoms with van der Waals surface area (Å²) in [5, 5.41) is 7.03. The van der Waals surface area contributed by atoms with Crippen molar-refractivity contribution in [2.45, 2.75) is 0 Å². The molecule has 0 atom stereocenters. The number of carbonyl (C=O) groups is 1. The van der Waals surface area contributed by atoms with Crippen LogP contribution in [0.3, 0.4) is 0 Å². The van der Waals surface area contributed by atoms with Gasteiger partial charge in [0, 0.05) is 18.8 Å². The highest BCUT2D eigenvalue weighted by atomic mass is 19.1. The Kier molecular flexibility index (Phi) is 2.95. The third kappa shape index (κ3) is 1.93. The van der Waals surface area contributed by atoms with Crippen LogP contribution in [-0.2, 0) is 0 Å². The number of aromatic nitrogens is 2. The third-order valence-corrected chi connectivity index (χ3v) is 3.11. The number of amides is 1.